The maximum Gasteiger partial charge on any atom is 0.224 e. The third kappa shape index (κ3) is 5.32. The molecule has 0 atom stereocenters. The summed E-state index contributed by atoms with van der Waals surface area (Å²) in [6.07, 6.45) is 7.72. The highest BCUT2D eigenvalue weighted by Crippen LogP contribution is 2.33. The van der Waals surface area contributed by atoms with Crippen LogP contribution in [0.5, 0.6) is 11.6 Å². The van der Waals surface area contributed by atoms with E-state index in [0.717, 1.165) is 60.2 Å². The van der Waals surface area contributed by atoms with Crippen molar-refractivity contribution in [3.05, 3.63) is 84.7 Å². The van der Waals surface area contributed by atoms with Crippen molar-refractivity contribution in [2.45, 2.75) is 25.7 Å². The van der Waals surface area contributed by atoms with Crippen LogP contribution in [0.25, 0.3) is 16.6 Å². The van der Waals surface area contributed by atoms with E-state index in [9.17, 15) is 4.79 Å². The first-order valence-electron chi connectivity index (χ1n) is 12.9. The van der Waals surface area contributed by atoms with E-state index in [4.69, 9.17) is 4.74 Å². The monoisotopic (exact) mass is 520 g/mol. The van der Waals surface area contributed by atoms with Gasteiger partial charge in [-0.1, -0.05) is 12.6 Å². The molecule has 196 valence electrons. The van der Waals surface area contributed by atoms with E-state index in [1.807, 2.05) is 25.1 Å². The first-order chi connectivity index (χ1) is 19.1. The highest BCUT2D eigenvalue weighted by atomic mass is 16.5. The van der Waals surface area contributed by atoms with E-state index in [-0.39, 0.29) is 0 Å². The number of ether oxygens (including phenoxy) is 1. The van der Waals surface area contributed by atoms with Crippen LogP contribution >= 0.6 is 0 Å². The number of aldehydes is 1. The van der Waals surface area contributed by atoms with Crippen LogP contribution in [0.2, 0.25) is 0 Å². The minimum Gasteiger partial charge on any atom is -0.439 e. The van der Waals surface area contributed by atoms with E-state index < -0.39 is 0 Å². The lowest BCUT2D eigenvalue weighted by Gasteiger charge is -2.32. The van der Waals surface area contributed by atoms with Gasteiger partial charge in [0, 0.05) is 23.7 Å². The summed E-state index contributed by atoms with van der Waals surface area (Å²) in [5.74, 6) is 2.36. The van der Waals surface area contributed by atoms with Gasteiger partial charge in [-0.2, -0.15) is 0 Å². The number of nitrogens with one attached hydrogen (secondary N) is 1. The molecule has 39 heavy (non-hydrogen) atoms. The number of fused-ring (bicyclic) bond motifs is 2. The lowest BCUT2D eigenvalue weighted by Crippen LogP contribution is -2.34. The fourth-order valence-electron chi connectivity index (χ4n) is 5.03. The van der Waals surface area contributed by atoms with Crippen LogP contribution in [0.3, 0.4) is 0 Å². The molecule has 1 fully saturated rings. The summed E-state index contributed by atoms with van der Waals surface area (Å²) in [6.45, 7) is 8.34. The highest BCUT2D eigenvalue weighted by molar-refractivity contribution is 5.91. The number of piperidine rings is 1. The maximum absolute atomic E-state index is 10.9. The van der Waals surface area contributed by atoms with Crippen molar-refractivity contribution < 1.29 is 9.53 Å². The molecule has 0 aliphatic carbocycles. The van der Waals surface area contributed by atoms with E-state index in [1.54, 1.807) is 29.4 Å². The zero-order valence-electron chi connectivity index (χ0n) is 21.6. The van der Waals surface area contributed by atoms with Crippen LogP contribution in [-0.4, -0.2) is 60.4 Å². The number of anilines is 2. The summed E-state index contributed by atoms with van der Waals surface area (Å²) >= 11 is 0. The van der Waals surface area contributed by atoms with Gasteiger partial charge < -0.3 is 10.1 Å². The molecule has 1 aliphatic rings. The Hall–Kier alpha value is -4.70. The molecular weight excluding hydrogens is 492 g/mol. The number of likely N-dealkylation sites (tertiary alicyclic amines) is 1. The summed E-state index contributed by atoms with van der Waals surface area (Å²) in [5.41, 5.74) is 5.32. The lowest BCUT2D eigenvalue weighted by atomic mass is 9.88. The Kier molecular flexibility index (Phi) is 6.68. The number of aryl methyl sites for hydroxylation is 1. The van der Waals surface area contributed by atoms with Crippen molar-refractivity contribution >= 4 is 34.3 Å². The summed E-state index contributed by atoms with van der Waals surface area (Å²) in [6, 6.07) is 14.1. The third-order valence-corrected chi connectivity index (χ3v) is 7.13. The standard InChI is InChI=1S/C29H28N8O2/c1-19(15-38)14-36-9-7-21(8-10-36)22-3-5-25-24(12-22)29(31-16-30-25)34-23-4-6-26(20(2)11-23)39-28-13-27-35-33-18-37(27)17-32-28/h3-6,11-13,15-18,21H,1,7-10,14H2,2H3,(H,30,31,34). The van der Waals surface area contributed by atoms with Crippen LogP contribution in [0.4, 0.5) is 11.5 Å². The zero-order chi connectivity index (χ0) is 26.8. The molecule has 1 saturated heterocycles. The van der Waals surface area contributed by atoms with Crippen molar-refractivity contribution in [2.75, 3.05) is 25.0 Å². The van der Waals surface area contributed by atoms with Crippen molar-refractivity contribution in [2.24, 2.45) is 0 Å². The summed E-state index contributed by atoms with van der Waals surface area (Å²) in [7, 11) is 0. The minimum atomic E-state index is 0.451. The van der Waals surface area contributed by atoms with Gasteiger partial charge in [-0.25, -0.2) is 15.0 Å². The normalized spacial score (nSPS) is 14.5. The SMILES string of the molecule is C=C(C=O)CN1CCC(c2ccc3ncnc(Nc4ccc(Oc5cc6nncn6cn5)c(C)c4)c3c2)CC1. The van der Waals surface area contributed by atoms with Gasteiger partial charge in [0.1, 0.15) is 36.8 Å². The fraction of sp³-hybridized carbons (Fsp3) is 0.241. The number of carbonyl (C=O) groups excluding carboxylic acids is 1. The molecule has 1 aliphatic heterocycles. The van der Waals surface area contributed by atoms with Crippen LogP contribution in [0.15, 0.2) is 73.6 Å². The first kappa shape index (κ1) is 24.6. The predicted octanol–water partition coefficient (Wildman–Crippen LogP) is 4.85. The molecule has 0 unspecified atom stereocenters. The molecule has 1 N–H and O–H groups in total. The molecule has 5 aromatic rings. The Labute approximate surface area is 225 Å². The Morgan fingerprint density at radius 1 is 1.10 bits per heavy atom. The van der Waals surface area contributed by atoms with Gasteiger partial charge in [0.25, 0.3) is 0 Å². The van der Waals surface area contributed by atoms with Gasteiger partial charge in [0.05, 0.1) is 5.52 Å². The molecule has 6 rings (SSSR count). The fourth-order valence-corrected chi connectivity index (χ4v) is 5.03. The Morgan fingerprint density at radius 3 is 2.79 bits per heavy atom. The first-order valence-corrected chi connectivity index (χ1v) is 12.9. The van der Waals surface area contributed by atoms with Crippen molar-refractivity contribution in [1.29, 1.82) is 0 Å². The van der Waals surface area contributed by atoms with Crippen LogP contribution in [0.1, 0.15) is 29.9 Å². The summed E-state index contributed by atoms with van der Waals surface area (Å²) < 4.78 is 7.73. The Balaban J connectivity index is 1.18. The number of hydrogen-bond donors (Lipinski definition) is 1. The molecule has 0 amide bonds. The van der Waals surface area contributed by atoms with Crippen molar-refractivity contribution in [3.63, 3.8) is 0 Å². The second kappa shape index (κ2) is 10.6. The van der Waals surface area contributed by atoms with Crippen LogP contribution in [0, 0.1) is 6.92 Å². The molecule has 0 bridgehead atoms. The Bertz CT molecular complexity index is 1670. The molecule has 4 heterocycles. The number of benzene rings is 2. The molecule has 0 saturated carbocycles. The number of nitrogens with zero attached hydrogens (tertiary/aromatic N) is 7. The number of carbonyl (C=O) groups is 1. The third-order valence-electron chi connectivity index (χ3n) is 7.13. The van der Waals surface area contributed by atoms with Crippen LogP contribution < -0.4 is 10.1 Å². The highest BCUT2D eigenvalue weighted by Gasteiger charge is 2.21. The predicted molar refractivity (Wildman–Crippen MR) is 148 cm³/mol. The average Bonchev–Trinajstić information content (AvgIpc) is 3.43. The van der Waals surface area contributed by atoms with Gasteiger partial charge in [0.2, 0.25) is 5.88 Å². The zero-order valence-corrected chi connectivity index (χ0v) is 21.6. The maximum atomic E-state index is 10.9. The molecule has 0 spiro atoms. The number of hydrogen-bond acceptors (Lipinski definition) is 9. The molecule has 3 aromatic heterocycles. The van der Waals surface area contributed by atoms with Gasteiger partial charge >= 0.3 is 0 Å². The van der Waals surface area contributed by atoms with E-state index in [2.05, 4.69) is 60.1 Å². The lowest BCUT2D eigenvalue weighted by molar-refractivity contribution is -0.105. The van der Waals surface area contributed by atoms with Crippen molar-refractivity contribution in [3.8, 4) is 11.6 Å². The second-order valence-corrected chi connectivity index (χ2v) is 9.86. The molecule has 10 heteroatoms. The number of aromatic nitrogens is 6. The summed E-state index contributed by atoms with van der Waals surface area (Å²) in [4.78, 5) is 26.6. The quantitative estimate of drug-likeness (QED) is 0.227. The Morgan fingerprint density at radius 2 is 1.97 bits per heavy atom. The van der Waals surface area contributed by atoms with E-state index >= 15 is 0 Å². The largest absolute Gasteiger partial charge is 0.439 e. The van der Waals surface area contributed by atoms with Gasteiger partial charge in [-0.3, -0.25) is 14.1 Å². The minimum absolute atomic E-state index is 0.451. The smallest absolute Gasteiger partial charge is 0.224 e. The van der Waals surface area contributed by atoms with E-state index in [1.165, 1.54) is 5.56 Å². The molecule has 10 nitrogen and oxygen atoms in total. The van der Waals surface area contributed by atoms with E-state index in [0.29, 0.717) is 35.3 Å². The summed E-state index contributed by atoms with van der Waals surface area (Å²) in [5, 5.41) is 12.4. The average molecular weight is 521 g/mol. The second-order valence-electron chi connectivity index (χ2n) is 9.86. The molecular formula is C29H28N8O2. The van der Waals surface area contributed by atoms with Gasteiger partial charge in [-0.15, -0.1) is 10.2 Å². The van der Waals surface area contributed by atoms with Crippen LogP contribution in [-0.2, 0) is 4.79 Å². The number of rotatable bonds is 8. The molecule has 2 aromatic carbocycles. The van der Waals surface area contributed by atoms with Gasteiger partial charge in [-0.05, 0) is 85.8 Å². The topological polar surface area (TPSA) is 110 Å². The van der Waals surface area contributed by atoms with Gasteiger partial charge in [0.15, 0.2) is 5.65 Å². The molecule has 0 radical (unpaired) electrons. The van der Waals surface area contributed by atoms with Crippen molar-refractivity contribution in [1.82, 2.24) is 34.4 Å².